The van der Waals surface area contributed by atoms with Gasteiger partial charge < -0.3 is 20.6 Å². The Kier molecular flexibility index (Phi) is 3.03. The summed E-state index contributed by atoms with van der Waals surface area (Å²) in [4.78, 5) is 0. The minimum atomic E-state index is -0.192. The van der Waals surface area contributed by atoms with E-state index in [2.05, 4.69) is 5.32 Å². The fraction of sp³-hybridized carbons (Fsp3) is 0.500. The molecule has 4 nitrogen and oxygen atoms in total. The van der Waals surface area contributed by atoms with Crippen LogP contribution >= 0.6 is 0 Å². The van der Waals surface area contributed by atoms with Crippen molar-refractivity contribution in [2.75, 3.05) is 0 Å². The van der Waals surface area contributed by atoms with Crippen molar-refractivity contribution >= 4 is 0 Å². The van der Waals surface area contributed by atoms with Gasteiger partial charge in [0.05, 0.1) is 6.10 Å². The molecule has 0 heterocycles. The summed E-state index contributed by atoms with van der Waals surface area (Å²) in [6.45, 7) is 1.93. The topological polar surface area (TPSA) is 72.7 Å². The van der Waals surface area contributed by atoms with E-state index in [9.17, 15) is 15.3 Å². The van der Waals surface area contributed by atoms with E-state index in [4.69, 9.17) is 0 Å². The highest BCUT2D eigenvalue weighted by molar-refractivity contribution is 5.40. The van der Waals surface area contributed by atoms with Gasteiger partial charge in [0.15, 0.2) is 0 Å². The highest BCUT2D eigenvalue weighted by atomic mass is 16.3. The number of aliphatic hydroxyl groups excluding tert-OH is 1. The van der Waals surface area contributed by atoms with Crippen LogP contribution in [0.5, 0.6) is 11.5 Å². The lowest BCUT2D eigenvalue weighted by Gasteiger charge is -2.34. The molecule has 1 fully saturated rings. The van der Waals surface area contributed by atoms with Gasteiger partial charge in [-0.15, -0.1) is 0 Å². The van der Waals surface area contributed by atoms with Crippen LogP contribution in [0.2, 0.25) is 0 Å². The summed E-state index contributed by atoms with van der Waals surface area (Å²) in [5.41, 5.74) is 0.682. The molecule has 1 aromatic rings. The van der Waals surface area contributed by atoms with E-state index in [1.54, 1.807) is 6.07 Å². The zero-order valence-electron chi connectivity index (χ0n) is 9.22. The molecule has 2 rings (SSSR count). The average molecular weight is 223 g/mol. The van der Waals surface area contributed by atoms with E-state index in [-0.39, 0.29) is 23.6 Å². The van der Waals surface area contributed by atoms with Crippen molar-refractivity contribution in [2.45, 2.75) is 38.0 Å². The smallest absolute Gasteiger partial charge is 0.120 e. The van der Waals surface area contributed by atoms with Gasteiger partial charge in [0.1, 0.15) is 11.5 Å². The number of benzene rings is 1. The lowest BCUT2D eigenvalue weighted by atomic mass is 9.88. The molecule has 0 amide bonds. The van der Waals surface area contributed by atoms with Crippen LogP contribution < -0.4 is 5.32 Å². The molecule has 4 N–H and O–H groups in total. The quantitative estimate of drug-likeness (QED) is 0.582. The molecular weight excluding hydrogens is 206 g/mol. The monoisotopic (exact) mass is 223 g/mol. The summed E-state index contributed by atoms with van der Waals surface area (Å²) in [6, 6.07) is 4.76. The predicted molar refractivity (Wildman–Crippen MR) is 60.4 cm³/mol. The first kappa shape index (κ1) is 11.2. The minimum absolute atomic E-state index is 0.0374. The summed E-state index contributed by atoms with van der Waals surface area (Å²) < 4.78 is 0. The van der Waals surface area contributed by atoms with Gasteiger partial charge in [0.25, 0.3) is 0 Å². The molecule has 0 spiro atoms. The molecule has 1 saturated carbocycles. The first-order chi connectivity index (χ1) is 7.56. The molecule has 0 bridgehead atoms. The third kappa shape index (κ3) is 2.28. The molecule has 0 radical (unpaired) electrons. The van der Waals surface area contributed by atoms with Crippen LogP contribution in [0, 0.1) is 0 Å². The van der Waals surface area contributed by atoms with Crippen molar-refractivity contribution in [1.82, 2.24) is 5.32 Å². The number of aliphatic hydroxyl groups is 1. The zero-order chi connectivity index (χ0) is 11.7. The normalized spacial score (nSPS) is 26.1. The Hall–Kier alpha value is -1.26. The zero-order valence-corrected chi connectivity index (χ0v) is 9.22. The number of rotatable bonds is 3. The summed E-state index contributed by atoms with van der Waals surface area (Å²) in [7, 11) is 0. The van der Waals surface area contributed by atoms with Crippen LogP contribution in [0.1, 0.15) is 31.4 Å². The molecule has 1 unspecified atom stereocenters. The van der Waals surface area contributed by atoms with Gasteiger partial charge in [-0.1, -0.05) is 0 Å². The van der Waals surface area contributed by atoms with E-state index >= 15 is 0 Å². The molecule has 1 atom stereocenters. The Morgan fingerprint density at radius 3 is 2.62 bits per heavy atom. The van der Waals surface area contributed by atoms with E-state index in [0.29, 0.717) is 11.6 Å². The van der Waals surface area contributed by atoms with Gasteiger partial charge in [0.2, 0.25) is 0 Å². The van der Waals surface area contributed by atoms with Crippen LogP contribution in [0.3, 0.4) is 0 Å². The number of nitrogens with one attached hydrogen (secondary N) is 1. The van der Waals surface area contributed by atoms with Crippen molar-refractivity contribution in [2.24, 2.45) is 0 Å². The van der Waals surface area contributed by atoms with Gasteiger partial charge in [-0.25, -0.2) is 0 Å². The molecular formula is C12H17NO3. The number of hydrogen-bond donors (Lipinski definition) is 4. The third-order valence-corrected chi connectivity index (χ3v) is 3.08. The maximum atomic E-state index is 9.66. The van der Waals surface area contributed by atoms with Gasteiger partial charge in [0, 0.05) is 17.6 Å². The Labute approximate surface area is 94.5 Å². The first-order valence-corrected chi connectivity index (χ1v) is 5.52. The van der Waals surface area contributed by atoms with Crippen LogP contribution in [-0.2, 0) is 0 Å². The van der Waals surface area contributed by atoms with Crippen molar-refractivity contribution in [3.8, 4) is 11.5 Å². The Morgan fingerprint density at radius 2 is 2.00 bits per heavy atom. The molecule has 0 saturated heterocycles. The second kappa shape index (κ2) is 4.31. The maximum absolute atomic E-state index is 9.66. The second-order valence-corrected chi connectivity index (χ2v) is 4.45. The summed E-state index contributed by atoms with van der Waals surface area (Å²) in [6.07, 6.45) is 1.32. The van der Waals surface area contributed by atoms with Gasteiger partial charge in [-0.3, -0.25) is 0 Å². The summed E-state index contributed by atoms with van der Waals surface area (Å²) in [5, 5.41) is 31.5. The lowest BCUT2D eigenvalue weighted by Crippen LogP contribution is -2.45. The largest absolute Gasteiger partial charge is 0.508 e. The van der Waals surface area contributed by atoms with Crippen molar-refractivity contribution in [3.05, 3.63) is 23.8 Å². The van der Waals surface area contributed by atoms with Crippen LogP contribution in [0.25, 0.3) is 0 Å². The van der Waals surface area contributed by atoms with Crippen LogP contribution in [0.4, 0.5) is 0 Å². The van der Waals surface area contributed by atoms with Gasteiger partial charge in [-0.2, -0.15) is 0 Å². The van der Waals surface area contributed by atoms with Gasteiger partial charge >= 0.3 is 0 Å². The Balaban J connectivity index is 2.02. The number of hydrogen-bond acceptors (Lipinski definition) is 4. The molecule has 88 valence electrons. The molecule has 0 aliphatic heterocycles. The SMILES string of the molecule is CC(NC1CC(O)C1)c1cc(O)ccc1O. The fourth-order valence-corrected chi connectivity index (χ4v) is 2.06. The van der Waals surface area contributed by atoms with Gasteiger partial charge in [-0.05, 0) is 38.0 Å². The van der Waals surface area contributed by atoms with E-state index in [0.717, 1.165) is 12.8 Å². The van der Waals surface area contributed by atoms with E-state index < -0.39 is 0 Å². The minimum Gasteiger partial charge on any atom is -0.508 e. The van der Waals surface area contributed by atoms with Crippen molar-refractivity contribution < 1.29 is 15.3 Å². The van der Waals surface area contributed by atoms with E-state index in [1.165, 1.54) is 12.1 Å². The van der Waals surface area contributed by atoms with Crippen molar-refractivity contribution in [1.29, 1.82) is 0 Å². The number of aromatic hydroxyl groups is 2. The maximum Gasteiger partial charge on any atom is 0.120 e. The highest BCUT2D eigenvalue weighted by Crippen LogP contribution is 2.30. The summed E-state index contributed by atoms with van der Waals surface area (Å²) >= 11 is 0. The fourth-order valence-electron chi connectivity index (χ4n) is 2.06. The Bertz CT molecular complexity index is 375. The first-order valence-electron chi connectivity index (χ1n) is 5.52. The second-order valence-electron chi connectivity index (χ2n) is 4.45. The Morgan fingerprint density at radius 1 is 1.31 bits per heavy atom. The molecule has 4 heteroatoms. The summed E-state index contributed by atoms with van der Waals surface area (Å²) in [5.74, 6) is 0.327. The molecule has 1 aliphatic carbocycles. The van der Waals surface area contributed by atoms with Crippen LogP contribution in [-0.4, -0.2) is 27.5 Å². The molecule has 16 heavy (non-hydrogen) atoms. The highest BCUT2D eigenvalue weighted by Gasteiger charge is 2.28. The molecule has 1 aromatic carbocycles. The molecule has 0 aromatic heterocycles. The average Bonchev–Trinajstić information content (AvgIpc) is 2.19. The number of phenolic OH excluding ortho intramolecular Hbond substituents is 2. The molecule has 1 aliphatic rings. The predicted octanol–water partition coefficient (Wildman–Crippen LogP) is 1.27. The number of phenols is 2. The van der Waals surface area contributed by atoms with Crippen LogP contribution in [0.15, 0.2) is 18.2 Å². The standard InChI is InChI=1S/C12H17NO3/c1-7(13-8-4-10(15)5-8)11-6-9(14)2-3-12(11)16/h2-3,6-8,10,13-16H,4-5H2,1H3. The van der Waals surface area contributed by atoms with Crippen molar-refractivity contribution in [3.63, 3.8) is 0 Å². The lowest BCUT2D eigenvalue weighted by molar-refractivity contribution is 0.0584. The van der Waals surface area contributed by atoms with E-state index in [1.807, 2.05) is 6.92 Å². The third-order valence-electron chi connectivity index (χ3n) is 3.08.